The highest BCUT2D eigenvalue weighted by Crippen LogP contribution is 2.35. The molecule has 1 aliphatic carbocycles. The van der Waals surface area contributed by atoms with Gasteiger partial charge in [0.25, 0.3) is 0 Å². The molecule has 0 spiro atoms. The summed E-state index contributed by atoms with van der Waals surface area (Å²) in [5, 5.41) is 7.06. The Labute approximate surface area is 181 Å². The quantitative estimate of drug-likeness (QED) is 0.336. The summed E-state index contributed by atoms with van der Waals surface area (Å²) in [6, 6.07) is 0.432. The number of guanidine groups is 1. The van der Waals surface area contributed by atoms with Crippen molar-refractivity contribution in [1.82, 2.24) is 10.6 Å². The molecule has 158 valence electrons. The molecular weight excluding hydrogens is 477 g/mol. The minimum Gasteiger partial charge on any atom is -0.376 e. The molecule has 27 heavy (non-hydrogen) atoms. The molecule has 3 fully saturated rings. The summed E-state index contributed by atoms with van der Waals surface area (Å²) >= 11 is 0. The Hall–Kier alpha value is -0.0900. The van der Waals surface area contributed by atoms with E-state index in [1.54, 1.807) is 0 Å². The van der Waals surface area contributed by atoms with E-state index < -0.39 is 9.84 Å². The molecule has 0 radical (unpaired) electrons. The highest BCUT2D eigenvalue weighted by molar-refractivity contribution is 14.0. The summed E-state index contributed by atoms with van der Waals surface area (Å²) in [6.45, 7) is 6.87. The molecule has 8 heteroatoms. The van der Waals surface area contributed by atoms with Crippen LogP contribution >= 0.6 is 24.0 Å². The van der Waals surface area contributed by atoms with E-state index in [0.29, 0.717) is 23.8 Å². The molecule has 2 heterocycles. The lowest BCUT2D eigenvalue weighted by Crippen LogP contribution is -2.48. The smallest absolute Gasteiger partial charge is 0.191 e. The Balaban J connectivity index is 0.00000261. The molecule has 6 nitrogen and oxygen atoms in total. The Morgan fingerprint density at radius 3 is 2.67 bits per heavy atom. The Kier molecular flexibility index (Phi) is 8.67. The first-order chi connectivity index (χ1) is 12.3. The van der Waals surface area contributed by atoms with E-state index in [9.17, 15) is 8.42 Å². The molecule has 0 aromatic carbocycles. The van der Waals surface area contributed by atoms with E-state index in [2.05, 4.69) is 24.5 Å². The lowest BCUT2D eigenvalue weighted by Gasteiger charge is -2.36. The third kappa shape index (κ3) is 7.68. The minimum atomic E-state index is -2.84. The number of hydrogen-bond donors (Lipinski definition) is 2. The molecule has 3 aliphatic rings. The van der Waals surface area contributed by atoms with E-state index in [1.807, 2.05) is 0 Å². The summed E-state index contributed by atoms with van der Waals surface area (Å²) in [6.07, 6.45) is 8.05. The van der Waals surface area contributed by atoms with Gasteiger partial charge in [-0.2, -0.15) is 0 Å². The van der Waals surface area contributed by atoms with Gasteiger partial charge >= 0.3 is 0 Å². The number of halogens is 1. The molecule has 1 saturated carbocycles. The zero-order valence-electron chi connectivity index (χ0n) is 16.7. The number of nitrogens with one attached hydrogen (secondary N) is 2. The monoisotopic (exact) mass is 513 g/mol. The third-order valence-corrected chi connectivity index (χ3v) is 7.74. The molecule has 3 atom stereocenters. The summed E-state index contributed by atoms with van der Waals surface area (Å²) < 4.78 is 29.1. The molecule has 3 unspecified atom stereocenters. The number of ether oxygens (including phenoxy) is 1. The van der Waals surface area contributed by atoms with Crippen molar-refractivity contribution in [2.75, 3.05) is 31.2 Å². The van der Waals surface area contributed by atoms with Gasteiger partial charge in [-0.15, -0.1) is 24.0 Å². The van der Waals surface area contributed by atoms with Crippen molar-refractivity contribution >= 4 is 39.8 Å². The Morgan fingerprint density at radius 1 is 1.22 bits per heavy atom. The van der Waals surface area contributed by atoms with Crippen LogP contribution in [0.2, 0.25) is 0 Å². The van der Waals surface area contributed by atoms with E-state index in [0.717, 1.165) is 44.8 Å². The highest BCUT2D eigenvalue weighted by atomic mass is 127. The third-order valence-electron chi connectivity index (χ3n) is 5.90. The van der Waals surface area contributed by atoms with Gasteiger partial charge in [0, 0.05) is 25.7 Å². The summed E-state index contributed by atoms with van der Waals surface area (Å²) in [7, 11) is -2.84. The number of sulfone groups is 1. The first-order valence-corrected chi connectivity index (χ1v) is 12.0. The number of aliphatic imine (C=N–C) groups is 1. The molecule has 0 amide bonds. The van der Waals surface area contributed by atoms with Gasteiger partial charge in [-0.05, 0) is 49.9 Å². The number of nitrogens with zero attached hydrogens (tertiary/aromatic N) is 1. The fraction of sp³-hybridized carbons (Fsp3) is 0.947. The van der Waals surface area contributed by atoms with Crippen molar-refractivity contribution in [1.29, 1.82) is 0 Å². The van der Waals surface area contributed by atoms with Crippen LogP contribution in [0.4, 0.5) is 0 Å². The second-order valence-electron chi connectivity index (χ2n) is 9.08. The van der Waals surface area contributed by atoms with Gasteiger partial charge in [-0.25, -0.2) is 8.42 Å². The first kappa shape index (κ1) is 23.2. The topological polar surface area (TPSA) is 79.8 Å². The van der Waals surface area contributed by atoms with Crippen LogP contribution < -0.4 is 10.6 Å². The van der Waals surface area contributed by atoms with Gasteiger partial charge in [0.05, 0.1) is 17.6 Å². The van der Waals surface area contributed by atoms with Crippen molar-refractivity contribution in [2.45, 2.75) is 70.9 Å². The average Bonchev–Trinajstić information content (AvgIpc) is 3.18. The van der Waals surface area contributed by atoms with Gasteiger partial charge in [-0.3, -0.25) is 4.99 Å². The van der Waals surface area contributed by atoms with Crippen molar-refractivity contribution in [3.63, 3.8) is 0 Å². The Morgan fingerprint density at radius 2 is 2.04 bits per heavy atom. The second-order valence-corrected chi connectivity index (χ2v) is 11.3. The lowest BCUT2D eigenvalue weighted by atomic mass is 9.75. The van der Waals surface area contributed by atoms with Gasteiger partial charge in [0.1, 0.15) is 0 Å². The molecule has 3 rings (SSSR count). The normalized spacial score (nSPS) is 32.7. The fourth-order valence-corrected chi connectivity index (χ4v) is 6.27. The molecule has 0 bridgehead atoms. The first-order valence-electron chi connectivity index (χ1n) is 10.2. The average molecular weight is 513 g/mol. The molecule has 2 aliphatic heterocycles. The Bertz CT molecular complexity index is 603. The lowest BCUT2D eigenvalue weighted by molar-refractivity contribution is 0.113. The van der Waals surface area contributed by atoms with Crippen LogP contribution in [-0.4, -0.2) is 57.7 Å². The van der Waals surface area contributed by atoms with Crippen LogP contribution in [0.5, 0.6) is 0 Å². The van der Waals surface area contributed by atoms with Gasteiger partial charge < -0.3 is 15.4 Å². The molecular formula is C19H36IN3O3S. The molecule has 2 saturated heterocycles. The van der Waals surface area contributed by atoms with Gasteiger partial charge in [-0.1, -0.05) is 20.3 Å². The fourth-order valence-electron chi connectivity index (χ4n) is 4.42. The van der Waals surface area contributed by atoms with Gasteiger partial charge in [0.2, 0.25) is 0 Å². The zero-order chi connectivity index (χ0) is 18.6. The second kappa shape index (κ2) is 10.1. The van der Waals surface area contributed by atoms with Crippen molar-refractivity contribution in [2.24, 2.45) is 16.3 Å². The van der Waals surface area contributed by atoms with E-state index in [-0.39, 0.29) is 41.8 Å². The van der Waals surface area contributed by atoms with Crippen LogP contribution in [-0.2, 0) is 14.6 Å². The summed E-state index contributed by atoms with van der Waals surface area (Å²) in [4.78, 5) is 4.75. The van der Waals surface area contributed by atoms with Crippen LogP contribution in [0.15, 0.2) is 4.99 Å². The van der Waals surface area contributed by atoms with Crippen molar-refractivity contribution in [3.05, 3.63) is 0 Å². The highest BCUT2D eigenvalue weighted by Gasteiger charge is 2.30. The summed E-state index contributed by atoms with van der Waals surface area (Å²) in [5.41, 5.74) is 0.370. The maximum absolute atomic E-state index is 11.7. The van der Waals surface area contributed by atoms with Gasteiger partial charge in [0.15, 0.2) is 15.8 Å². The zero-order valence-corrected chi connectivity index (χ0v) is 19.9. The molecule has 0 aromatic heterocycles. The number of rotatable bonds is 5. The summed E-state index contributed by atoms with van der Waals surface area (Å²) in [5.74, 6) is 1.58. The van der Waals surface area contributed by atoms with E-state index in [1.165, 1.54) is 19.3 Å². The van der Waals surface area contributed by atoms with Crippen molar-refractivity contribution in [3.8, 4) is 0 Å². The van der Waals surface area contributed by atoms with Crippen LogP contribution in [0, 0.1) is 11.3 Å². The predicted molar refractivity (Wildman–Crippen MR) is 121 cm³/mol. The molecule has 0 aromatic rings. The van der Waals surface area contributed by atoms with Crippen molar-refractivity contribution < 1.29 is 13.2 Å². The SMILES string of the molecule is CC1(C)CCCC(NC(=NCC2CCS(=O)(=O)C2)NCC2CCCO2)C1.I. The van der Waals surface area contributed by atoms with Crippen LogP contribution in [0.25, 0.3) is 0 Å². The maximum atomic E-state index is 11.7. The molecule has 2 N–H and O–H groups in total. The van der Waals surface area contributed by atoms with E-state index >= 15 is 0 Å². The van der Waals surface area contributed by atoms with Crippen LogP contribution in [0.1, 0.15) is 58.8 Å². The predicted octanol–water partition coefficient (Wildman–Crippen LogP) is 2.72. The minimum absolute atomic E-state index is 0. The maximum Gasteiger partial charge on any atom is 0.191 e. The van der Waals surface area contributed by atoms with E-state index in [4.69, 9.17) is 9.73 Å². The van der Waals surface area contributed by atoms with Crippen LogP contribution in [0.3, 0.4) is 0 Å². The number of hydrogen-bond acceptors (Lipinski definition) is 4. The standard InChI is InChI=1S/C19H35N3O3S.HI/c1-19(2)8-3-5-16(11-19)22-18(21-13-17-6-4-9-25-17)20-12-15-7-10-26(23,24)14-15;/h15-17H,3-14H2,1-2H3,(H2,20,21,22);1H. The largest absolute Gasteiger partial charge is 0.376 e.